The van der Waals surface area contributed by atoms with E-state index in [2.05, 4.69) is 55.4 Å². The molecule has 196 valence electrons. The minimum atomic E-state index is -0.667. The Hall–Kier alpha value is -3.40. The van der Waals surface area contributed by atoms with E-state index in [9.17, 15) is 14.9 Å². The summed E-state index contributed by atoms with van der Waals surface area (Å²) in [4.78, 5) is 27.9. The van der Waals surface area contributed by atoms with E-state index in [4.69, 9.17) is 5.26 Å². The second-order valence-corrected chi connectivity index (χ2v) is 11.5. The fourth-order valence-corrected chi connectivity index (χ4v) is 6.34. The number of nitriles is 2. The highest BCUT2D eigenvalue weighted by Crippen LogP contribution is 2.38. The number of amides is 1. The molecule has 0 radical (unpaired) electrons. The molecular weight excluding hydrogens is 484 g/mol. The van der Waals surface area contributed by atoms with Crippen LogP contribution in [0.3, 0.4) is 0 Å². The number of carbonyl (C=O) groups excluding carboxylic acids is 1. The highest BCUT2D eigenvalue weighted by molar-refractivity contribution is 7.07. The lowest BCUT2D eigenvalue weighted by Gasteiger charge is -2.53. The van der Waals surface area contributed by atoms with E-state index in [1.54, 1.807) is 13.1 Å². The van der Waals surface area contributed by atoms with Crippen LogP contribution in [0.5, 0.6) is 0 Å². The molecule has 1 saturated heterocycles. The number of anilines is 1. The molecule has 3 rings (SSSR count). The van der Waals surface area contributed by atoms with Crippen LogP contribution in [0, 0.1) is 22.7 Å². The topological polar surface area (TPSA) is 114 Å². The summed E-state index contributed by atoms with van der Waals surface area (Å²) < 4.78 is 2.07. The Morgan fingerprint density at radius 3 is 2.51 bits per heavy atom. The molecular formula is C28H36N6O2S. The van der Waals surface area contributed by atoms with Crippen LogP contribution < -0.4 is 25.4 Å². The zero-order valence-electron chi connectivity index (χ0n) is 22.4. The van der Waals surface area contributed by atoms with Crippen LogP contribution in [0.1, 0.15) is 59.4 Å². The van der Waals surface area contributed by atoms with E-state index in [1.165, 1.54) is 29.4 Å². The van der Waals surface area contributed by atoms with Crippen LogP contribution in [0.4, 0.5) is 5.69 Å². The van der Waals surface area contributed by atoms with Crippen LogP contribution in [-0.2, 0) is 17.8 Å². The SMILES string of the molecule is CCn1c(=C(C#N)C(=O)NCC#N)sc(=CNc2cccc(CCN3C(C)(C)CCCC3(C)C)c2)c1=O. The van der Waals surface area contributed by atoms with Crippen LogP contribution in [-0.4, -0.2) is 39.5 Å². The Kier molecular flexibility index (Phi) is 8.96. The lowest BCUT2D eigenvalue weighted by Crippen LogP contribution is -2.58. The molecule has 8 nitrogen and oxygen atoms in total. The number of aromatic nitrogens is 1. The van der Waals surface area contributed by atoms with Gasteiger partial charge in [-0.3, -0.25) is 19.1 Å². The zero-order valence-corrected chi connectivity index (χ0v) is 23.2. The molecule has 1 aromatic heterocycles. The number of nitrogens with one attached hydrogen (secondary N) is 2. The number of benzene rings is 1. The first-order chi connectivity index (χ1) is 17.5. The Bertz CT molecular complexity index is 1390. The largest absolute Gasteiger partial charge is 0.360 e. The Morgan fingerprint density at radius 2 is 1.89 bits per heavy atom. The van der Waals surface area contributed by atoms with Crippen molar-refractivity contribution in [3.05, 3.63) is 49.4 Å². The average Bonchev–Trinajstić information content (AvgIpc) is 3.15. The van der Waals surface area contributed by atoms with E-state index in [0.29, 0.717) is 11.1 Å². The maximum Gasteiger partial charge on any atom is 0.270 e. The lowest BCUT2D eigenvalue weighted by atomic mass is 9.79. The molecule has 0 spiro atoms. The molecule has 1 aromatic carbocycles. The van der Waals surface area contributed by atoms with Gasteiger partial charge in [0.05, 0.1) is 6.07 Å². The van der Waals surface area contributed by atoms with Gasteiger partial charge < -0.3 is 10.6 Å². The Labute approximate surface area is 222 Å². The monoisotopic (exact) mass is 520 g/mol. The van der Waals surface area contributed by atoms with Crippen molar-refractivity contribution in [2.24, 2.45) is 0 Å². The van der Waals surface area contributed by atoms with E-state index in [1.807, 2.05) is 24.3 Å². The molecule has 2 N–H and O–H groups in total. The highest BCUT2D eigenvalue weighted by atomic mass is 32.1. The smallest absolute Gasteiger partial charge is 0.270 e. The summed E-state index contributed by atoms with van der Waals surface area (Å²) in [6.07, 6.45) is 6.22. The summed E-state index contributed by atoms with van der Waals surface area (Å²) in [5, 5.41) is 23.9. The van der Waals surface area contributed by atoms with Crippen molar-refractivity contribution in [3.8, 4) is 12.1 Å². The zero-order chi connectivity index (χ0) is 27.2. The van der Waals surface area contributed by atoms with Crippen molar-refractivity contribution in [2.45, 2.75) is 77.9 Å². The number of rotatable bonds is 8. The van der Waals surface area contributed by atoms with Crippen molar-refractivity contribution in [1.29, 1.82) is 10.5 Å². The van der Waals surface area contributed by atoms with E-state index >= 15 is 0 Å². The quantitative estimate of drug-likeness (QED) is 0.518. The van der Waals surface area contributed by atoms with Gasteiger partial charge in [-0.15, -0.1) is 11.3 Å². The fourth-order valence-electron chi connectivity index (χ4n) is 5.25. The number of nitrogens with zero attached hydrogens (tertiary/aromatic N) is 4. The number of likely N-dealkylation sites (tertiary alicyclic amines) is 1. The molecule has 9 heteroatoms. The Morgan fingerprint density at radius 1 is 1.19 bits per heavy atom. The molecule has 0 aliphatic carbocycles. The van der Waals surface area contributed by atoms with Gasteiger partial charge in [0.2, 0.25) is 0 Å². The van der Waals surface area contributed by atoms with E-state index in [0.717, 1.165) is 30.0 Å². The molecule has 0 saturated carbocycles. The van der Waals surface area contributed by atoms with Gasteiger partial charge in [0, 0.05) is 36.1 Å². The minimum absolute atomic E-state index is 0.173. The molecule has 0 bridgehead atoms. The molecule has 1 aliphatic rings. The molecule has 0 atom stereocenters. The second kappa shape index (κ2) is 11.8. The van der Waals surface area contributed by atoms with Gasteiger partial charge in [-0.1, -0.05) is 12.1 Å². The summed E-state index contributed by atoms with van der Waals surface area (Å²) in [5.74, 6) is -0.667. The van der Waals surface area contributed by atoms with Crippen LogP contribution in [0.25, 0.3) is 11.8 Å². The summed E-state index contributed by atoms with van der Waals surface area (Å²) >= 11 is 1.08. The number of thiazole rings is 1. The third-order valence-corrected chi connectivity index (χ3v) is 8.19. The molecule has 0 unspecified atom stereocenters. The summed E-state index contributed by atoms with van der Waals surface area (Å²) in [7, 11) is 0. The standard InChI is InChI=1S/C28H36N6O2S/c1-6-33-25(36)23(37-26(33)22(18-30)24(35)31-15-14-29)19-32-21-10-7-9-20(17-21)11-16-34-27(2,3)12-8-13-28(34,4)5/h7,9-10,17,19,32H,6,8,11-13,15-16H2,1-5H3,(H,31,35). The summed E-state index contributed by atoms with van der Waals surface area (Å²) in [5.41, 5.74) is 1.97. The van der Waals surface area contributed by atoms with Gasteiger partial charge in [0.1, 0.15) is 21.8 Å². The number of carbonyl (C=O) groups is 1. The van der Waals surface area contributed by atoms with Gasteiger partial charge in [-0.05, 0) is 78.0 Å². The van der Waals surface area contributed by atoms with E-state index < -0.39 is 5.91 Å². The number of piperidine rings is 1. The first-order valence-electron chi connectivity index (χ1n) is 12.7. The highest BCUT2D eigenvalue weighted by Gasteiger charge is 2.40. The minimum Gasteiger partial charge on any atom is -0.360 e. The van der Waals surface area contributed by atoms with Crippen LogP contribution >= 0.6 is 11.3 Å². The van der Waals surface area contributed by atoms with Gasteiger partial charge in [0.25, 0.3) is 11.5 Å². The second-order valence-electron chi connectivity index (χ2n) is 10.5. The maximum atomic E-state index is 13.0. The fraction of sp³-hybridized carbons (Fsp3) is 0.500. The first kappa shape index (κ1) is 28.2. The molecule has 1 aliphatic heterocycles. The lowest BCUT2D eigenvalue weighted by molar-refractivity contribution is -0.115. The number of hydrogen-bond acceptors (Lipinski definition) is 7. The Balaban J connectivity index is 1.84. The predicted molar refractivity (Wildman–Crippen MR) is 148 cm³/mol. The maximum absolute atomic E-state index is 13.0. The van der Waals surface area contributed by atoms with Gasteiger partial charge in [-0.25, -0.2) is 0 Å². The van der Waals surface area contributed by atoms with Crippen molar-refractivity contribution in [3.63, 3.8) is 0 Å². The molecule has 2 heterocycles. The van der Waals surface area contributed by atoms with Crippen molar-refractivity contribution >= 4 is 34.7 Å². The summed E-state index contributed by atoms with van der Waals surface area (Å²) in [6.45, 7) is 12.2. The van der Waals surface area contributed by atoms with Crippen LogP contribution in [0.15, 0.2) is 29.1 Å². The molecule has 37 heavy (non-hydrogen) atoms. The predicted octanol–water partition coefficient (Wildman–Crippen LogP) is 2.68. The summed E-state index contributed by atoms with van der Waals surface area (Å²) in [6, 6.07) is 11.9. The first-order valence-corrected chi connectivity index (χ1v) is 13.5. The van der Waals surface area contributed by atoms with Gasteiger partial charge in [0.15, 0.2) is 5.57 Å². The van der Waals surface area contributed by atoms with Crippen LogP contribution in [0.2, 0.25) is 0 Å². The molecule has 2 aromatic rings. The van der Waals surface area contributed by atoms with Crippen molar-refractivity contribution in [1.82, 2.24) is 14.8 Å². The third kappa shape index (κ3) is 6.49. The third-order valence-electron chi connectivity index (χ3n) is 7.06. The van der Waals surface area contributed by atoms with Crippen molar-refractivity contribution in [2.75, 3.05) is 18.4 Å². The normalized spacial score (nSPS) is 18.0. The van der Waals surface area contributed by atoms with Gasteiger partial charge >= 0.3 is 0 Å². The van der Waals surface area contributed by atoms with Gasteiger partial charge in [-0.2, -0.15) is 10.5 Å². The molecule has 1 amide bonds. The van der Waals surface area contributed by atoms with E-state index in [-0.39, 0.29) is 33.4 Å². The molecule has 1 fully saturated rings. The number of hydrogen-bond donors (Lipinski definition) is 2. The average molecular weight is 521 g/mol. The van der Waals surface area contributed by atoms with Crippen molar-refractivity contribution < 1.29 is 4.79 Å².